The minimum atomic E-state index is 0.562. The van der Waals surface area contributed by atoms with Crippen LogP contribution in [0.25, 0.3) is 0 Å². The third-order valence-electron chi connectivity index (χ3n) is 5.30. The lowest BCUT2D eigenvalue weighted by Crippen LogP contribution is -2.43. The maximum absolute atomic E-state index is 6.03. The van der Waals surface area contributed by atoms with Crippen LogP contribution in [0.5, 0.6) is 5.75 Å². The van der Waals surface area contributed by atoms with Gasteiger partial charge in [0.1, 0.15) is 5.75 Å². The number of benzene rings is 1. The standard InChI is InChI=1S/C18H25Cl2NO/c1-13-6-8-21(9-7-13)11-14-2-3-15(14)12-22-16-4-5-17(19)18(20)10-16/h4-5,10,13-15H,2-3,6-9,11-12H2,1H3. The van der Waals surface area contributed by atoms with Crippen molar-refractivity contribution in [2.24, 2.45) is 17.8 Å². The highest BCUT2D eigenvalue weighted by Gasteiger charge is 2.33. The normalized spacial score (nSPS) is 26.7. The van der Waals surface area contributed by atoms with Crippen LogP contribution < -0.4 is 4.74 Å². The Morgan fingerprint density at radius 2 is 1.77 bits per heavy atom. The number of hydrogen-bond acceptors (Lipinski definition) is 2. The van der Waals surface area contributed by atoms with Gasteiger partial charge in [0.25, 0.3) is 0 Å². The van der Waals surface area contributed by atoms with E-state index in [0.717, 1.165) is 24.2 Å². The van der Waals surface area contributed by atoms with Crippen LogP contribution in [0.3, 0.4) is 0 Å². The molecule has 1 heterocycles. The van der Waals surface area contributed by atoms with Crippen LogP contribution >= 0.6 is 23.2 Å². The number of rotatable bonds is 5. The molecule has 0 radical (unpaired) electrons. The Morgan fingerprint density at radius 1 is 1.05 bits per heavy atom. The predicted molar refractivity (Wildman–Crippen MR) is 93.0 cm³/mol. The van der Waals surface area contributed by atoms with Crippen molar-refractivity contribution < 1.29 is 4.74 Å². The Kier molecular flexibility index (Phi) is 5.54. The fraction of sp³-hybridized carbons (Fsp3) is 0.667. The molecule has 2 aliphatic rings. The van der Waals surface area contributed by atoms with E-state index in [1.165, 1.54) is 45.3 Å². The first-order valence-electron chi connectivity index (χ1n) is 8.42. The van der Waals surface area contributed by atoms with Crippen molar-refractivity contribution in [2.45, 2.75) is 32.6 Å². The summed E-state index contributed by atoms with van der Waals surface area (Å²) in [4.78, 5) is 2.65. The van der Waals surface area contributed by atoms with Crippen LogP contribution in [-0.2, 0) is 0 Å². The third kappa shape index (κ3) is 4.10. The van der Waals surface area contributed by atoms with E-state index in [-0.39, 0.29) is 0 Å². The number of likely N-dealkylation sites (tertiary alicyclic amines) is 1. The first kappa shape index (κ1) is 16.4. The van der Waals surface area contributed by atoms with Gasteiger partial charge in [0, 0.05) is 12.6 Å². The van der Waals surface area contributed by atoms with Crippen molar-refractivity contribution in [1.82, 2.24) is 4.90 Å². The minimum Gasteiger partial charge on any atom is -0.493 e. The van der Waals surface area contributed by atoms with E-state index in [0.29, 0.717) is 16.0 Å². The van der Waals surface area contributed by atoms with Gasteiger partial charge in [-0.15, -0.1) is 0 Å². The van der Waals surface area contributed by atoms with Crippen molar-refractivity contribution in [3.63, 3.8) is 0 Å². The van der Waals surface area contributed by atoms with Crippen molar-refractivity contribution in [3.05, 3.63) is 28.2 Å². The molecule has 0 spiro atoms. The Labute approximate surface area is 143 Å². The number of piperidine rings is 1. The van der Waals surface area contributed by atoms with E-state index in [1.807, 2.05) is 12.1 Å². The first-order chi connectivity index (χ1) is 10.6. The molecule has 1 aromatic carbocycles. The lowest BCUT2D eigenvalue weighted by atomic mass is 9.73. The average Bonchev–Trinajstić information content (AvgIpc) is 2.49. The molecule has 22 heavy (non-hydrogen) atoms. The van der Waals surface area contributed by atoms with Crippen LogP contribution in [-0.4, -0.2) is 31.1 Å². The molecule has 0 N–H and O–H groups in total. The number of hydrogen-bond donors (Lipinski definition) is 0. The van der Waals surface area contributed by atoms with E-state index in [1.54, 1.807) is 6.07 Å². The van der Waals surface area contributed by atoms with Gasteiger partial charge in [-0.05, 0) is 68.7 Å². The Hall–Kier alpha value is -0.440. The van der Waals surface area contributed by atoms with Crippen LogP contribution in [0.1, 0.15) is 32.6 Å². The van der Waals surface area contributed by atoms with Crippen LogP contribution in [0, 0.1) is 17.8 Å². The van der Waals surface area contributed by atoms with Crippen LogP contribution in [0.15, 0.2) is 18.2 Å². The molecule has 0 aromatic heterocycles. The summed E-state index contributed by atoms with van der Waals surface area (Å²) in [6, 6.07) is 5.50. The summed E-state index contributed by atoms with van der Waals surface area (Å²) in [5, 5.41) is 1.14. The molecule has 1 aromatic rings. The molecule has 0 amide bonds. The van der Waals surface area contributed by atoms with Crippen molar-refractivity contribution in [1.29, 1.82) is 0 Å². The highest BCUT2D eigenvalue weighted by Crippen LogP contribution is 2.36. The lowest BCUT2D eigenvalue weighted by Gasteiger charge is -2.41. The largest absolute Gasteiger partial charge is 0.493 e. The summed E-state index contributed by atoms with van der Waals surface area (Å²) in [6.45, 7) is 6.97. The van der Waals surface area contributed by atoms with Crippen molar-refractivity contribution in [2.75, 3.05) is 26.2 Å². The summed E-state index contributed by atoms with van der Waals surface area (Å²) in [5.74, 6) is 3.23. The number of nitrogens with zero attached hydrogens (tertiary/aromatic N) is 1. The zero-order chi connectivity index (χ0) is 15.5. The highest BCUT2D eigenvalue weighted by atomic mass is 35.5. The second-order valence-corrected chi connectivity index (χ2v) is 7.78. The average molecular weight is 342 g/mol. The summed E-state index contributed by atoms with van der Waals surface area (Å²) in [7, 11) is 0. The Balaban J connectivity index is 1.44. The fourth-order valence-electron chi connectivity index (χ4n) is 3.44. The maximum Gasteiger partial charge on any atom is 0.120 e. The van der Waals surface area contributed by atoms with E-state index in [2.05, 4.69) is 11.8 Å². The zero-order valence-corrected chi connectivity index (χ0v) is 14.7. The summed E-state index contributed by atoms with van der Waals surface area (Å²) < 4.78 is 5.92. The topological polar surface area (TPSA) is 12.5 Å². The molecule has 1 aliphatic carbocycles. The molecule has 4 heteroatoms. The van der Waals surface area contributed by atoms with Gasteiger partial charge in [-0.3, -0.25) is 0 Å². The quantitative estimate of drug-likeness (QED) is 0.735. The molecule has 2 unspecified atom stereocenters. The van der Waals surface area contributed by atoms with Gasteiger partial charge in [-0.25, -0.2) is 0 Å². The molecule has 3 rings (SSSR count). The number of ether oxygens (including phenoxy) is 1. The van der Waals surface area contributed by atoms with E-state index in [9.17, 15) is 0 Å². The Bertz CT molecular complexity index is 500. The van der Waals surface area contributed by atoms with Gasteiger partial charge in [-0.2, -0.15) is 0 Å². The monoisotopic (exact) mass is 341 g/mol. The smallest absolute Gasteiger partial charge is 0.120 e. The lowest BCUT2D eigenvalue weighted by molar-refractivity contribution is 0.0565. The molecule has 122 valence electrons. The highest BCUT2D eigenvalue weighted by molar-refractivity contribution is 6.42. The summed E-state index contributed by atoms with van der Waals surface area (Å²) >= 11 is 12.0. The minimum absolute atomic E-state index is 0.562. The van der Waals surface area contributed by atoms with Gasteiger partial charge in [0.05, 0.1) is 16.7 Å². The van der Waals surface area contributed by atoms with Gasteiger partial charge < -0.3 is 9.64 Å². The molecule has 1 saturated heterocycles. The SMILES string of the molecule is CC1CCN(CC2CCC2COc2ccc(Cl)c(Cl)c2)CC1. The third-order valence-corrected chi connectivity index (χ3v) is 6.04. The predicted octanol–water partition coefficient (Wildman–Crippen LogP) is 5.13. The van der Waals surface area contributed by atoms with Crippen LogP contribution in [0.2, 0.25) is 10.0 Å². The van der Waals surface area contributed by atoms with E-state index < -0.39 is 0 Å². The Morgan fingerprint density at radius 3 is 2.41 bits per heavy atom. The van der Waals surface area contributed by atoms with Crippen molar-refractivity contribution in [3.8, 4) is 5.75 Å². The van der Waals surface area contributed by atoms with E-state index >= 15 is 0 Å². The second kappa shape index (κ2) is 7.42. The molecule has 2 atom stereocenters. The molecule has 2 nitrogen and oxygen atoms in total. The molecular formula is C18H25Cl2NO. The molecular weight excluding hydrogens is 317 g/mol. The first-order valence-corrected chi connectivity index (χ1v) is 9.17. The summed E-state index contributed by atoms with van der Waals surface area (Å²) in [5.41, 5.74) is 0. The van der Waals surface area contributed by atoms with Gasteiger partial charge in [0.15, 0.2) is 0 Å². The van der Waals surface area contributed by atoms with Gasteiger partial charge in [0.2, 0.25) is 0 Å². The van der Waals surface area contributed by atoms with Gasteiger partial charge >= 0.3 is 0 Å². The van der Waals surface area contributed by atoms with Crippen molar-refractivity contribution >= 4 is 23.2 Å². The summed E-state index contributed by atoms with van der Waals surface area (Å²) in [6.07, 6.45) is 5.35. The van der Waals surface area contributed by atoms with E-state index in [4.69, 9.17) is 27.9 Å². The zero-order valence-electron chi connectivity index (χ0n) is 13.2. The van der Waals surface area contributed by atoms with Gasteiger partial charge in [-0.1, -0.05) is 30.1 Å². The molecule has 0 bridgehead atoms. The molecule has 2 fully saturated rings. The maximum atomic E-state index is 6.03. The number of halogens is 2. The second-order valence-electron chi connectivity index (χ2n) is 6.97. The van der Waals surface area contributed by atoms with Crippen LogP contribution in [0.4, 0.5) is 0 Å². The fourth-order valence-corrected chi connectivity index (χ4v) is 3.73. The molecule has 1 saturated carbocycles. The molecule has 1 aliphatic heterocycles.